The highest BCUT2D eigenvalue weighted by atomic mass is 32.1. The first kappa shape index (κ1) is 5.09. The molecule has 0 aromatic heterocycles. The van der Waals surface area contributed by atoms with Crippen molar-refractivity contribution in [1.29, 1.82) is 0 Å². The molecule has 0 heterocycles. The predicted octanol–water partition coefficient (Wildman–Crippen LogP) is 1.60. The minimum absolute atomic E-state index is 0.787. The molecule has 0 aromatic carbocycles. The van der Waals surface area contributed by atoms with E-state index in [4.69, 9.17) is 0 Å². The Hall–Kier alpha value is 0.0900. The molecule has 1 heteroatoms. The Morgan fingerprint density at radius 1 is 2.00 bits per heavy atom. The summed E-state index contributed by atoms with van der Waals surface area (Å²) < 4.78 is 0. The SMILES string of the molecule is [CH2]CC(C)=S. The van der Waals surface area contributed by atoms with Crippen LogP contribution < -0.4 is 0 Å². The molecular weight excluding hydrogens is 80.1 g/mol. The lowest BCUT2D eigenvalue weighted by atomic mass is 10.4. The molecule has 0 amide bonds. The van der Waals surface area contributed by atoms with E-state index in [0.29, 0.717) is 0 Å². The molecule has 0 aliphatic heterocycles. The Balaban J connectivity index is 2.85. The first-order chi connectivity index (χ1) is 2.27. The molecule has 0 rings (SSSR count). The van der Waals surface area contributed by atoms with Crippen molar-refractivity contribution >= 4 is 17.1 Å². The Morgan fingerprint density at radius 3 is 2.20 bits per heavy atom. The molecule has 0 N–H and O–H groups in total. The quantitative estimate of drug-likeness (QED) is 0.438. The highest BCUT2D eigenvalue weighted by Gasteiger charge is 1.71. The van der Waals surface area contributed by atoms with Gasteiger partial charge >= 0.3 is 0 Å². The third-order valence-electron chi connectivity index (χ3n) is 0.352. The van der Waals surface area contributed by atoms with Crippen LogP contribution in [0.4, 0.5) is 0 Å². The topological polar surface area (TPSA) is 0 Å². The fourth-order valence-electron chi connectivity index (χ4n) is 0. The second kappa shape index (κ2) is 2.33. The van der Waals surface area contributed by atoms with E-state index in [1.54, 1.807) is 0 Å². The number of thiocarbonyl (C=S) groups is 1. The van der Waals surface area contributed by atoms with Gasteiger partial charge in [-0.25, -0.2) is 0 Å². The predicted molar refractivity (Wildman–Crippen MR) is 28.2 cm³/mol. The van der Waals surface area contributed by atoms with Crippen molar-refractivity contribution in [1.82, 2.24) is 0 Å². The molecule has 0 saturated carbocycles. The van der Waals surface area contributed by atoms with Crippen molar-refractivity contribution in [3.8, 4) is 0 Å². The molecule has 1 radical (unpaired) electrons. The van der Waals surface area contributed by atoms with E-state index in [1.165, 1.54) is 0 Å². The maximum Gasteiger partial charge on any atom is -0.0102 e. The van der Waals surface area contributed by atoms with E-state index in [0.717, 1.165) is 11.3 Å². The lowest BCUT2D eigenvalue weighted by molar-refractivity contribution is 1.51. The van der Waals surface area contributed by atoms with Crippen LogP contribution in [0, 0.1) is 6.92 Å². The minimum atomic E-state index is 0.787. The molecular formula is C4H7S. The van der Waals surface area contributed by atoms with Crippen LogP contribution >= 0.6 is 12.2 Å². The number of rotatable bonds is 1. The second-order valence-corrected chi connectivity index (χ2v) is 1.65. The smallest absolute Gasteiger partial charge is 0.0102 e. The van der Waals surface area contributed by atoms with Gasteiger partial charge in [0.1, 0.15) is 0 Å². The van der Waals surface area contributed by atoms with Gasteiger partial charge in [-0.2, -0.15) is 0 Å². The van der Waals surface area contributed by atoms with Crippen LogP contribution in [0.1, 0.15) is 13.3 Å². The molecule has 0 bridgehead atoms. The van der Waals surface area contributed by atoms with Gasteiger partial charge in [0.2, 0.25) is 0 Å². The van der Waals surface area contributed by atoms with Gasteiger partial charge in [0.15, 0.2) is 0 Å². The summed E-state index contributed by atoms with van der Waals surface area (Å²) in [5.41, 5.74) is 0. The average molecular weight is 87.2 g/mol. The van der Waals surface area contributed by atoms with E-state index in [1.807, 2.05) is 6.92 Å². The van der Waals surface area contributed by atoms with Gasteiger partial charge in [-0.05, 0) is 25.1 Å². The third-order valence-corrected chi connectivity index (χ3v) is 0.556. The van der Waals surface area contributed by atoms with Crippen LogP contribution in [0.3, 0.4) is 0 Å². The van der Waals surface area contributed by atoms with Crippen LogP contribution in [-0.4, -0.2) is 4.86 Å². The molecule has 29 valence electrons. The monoisotopic (exact) mass is 87.0 g/mol. The first-order valence-electron chi connectivity index (χ1n) is 1.56. The van der Waals surface area contributed by atoms with Gasteiger partial charge < -0.3 is 0 Å². The number of hydrogen-bond donors (Lipinski definition) is 0. The van der Waals surface area contributed by atoms with Gasteiger partial charge in [0.25, 0.3) is 0 Å². The van der Waals surface area contributed by atoms with Crippen LogP contribution in [0.2, 0.25) is 0 Å². The molecule has 0 spiro atoms. The Labute approximate surface area is 38.2 Å². The average Bonchev–Trinajstić information content (AvgIpc) is 1.38. The molecule has 0 unspecified atom stereocenters. The fourth-order valence-corrected chi connectivity index (χ4v) is 0. The van der Waals surface area contributed by atoms with Crippen LogP contribution in [0.25, 0.3) is 0 Å². The van der Waals surface area contributed by atoms with E-state index in [9.17, 15) is 0 Å². The first-order valence-corrected chi connectivity index (χ1v) is 1.97. The highest BCUT2D eigenvalue weighted by Crippen LogP contribution is 1.77. The maximum absolute atomic E-state index is 4.63. The fraction of sp³-hybridized carbons (Fsp3) is 0.500. The standard InChI is InChI=1S/C4H7S/c1-3-4(2)5/h1,3H2,2H3. The summed E-state index contributed by atoms with van der Waals surface area (Å²) >= 11 is 4.63. The molecule has 0 fully saturated rings. The van der Waals surface area contributed by atoms with E-state index < -0.39 is 0 Å². The van der Waals surface area contributed by atoms with Gasteiger partial charge in [-0.15, -0.1) is 0 Å². The van der Waals surface area contributed by atoms with Gasteiger partial charge in [0, 0.05) is 0 Å². The number of hydrogen-bond acceptors (Lipinski definition) is 1. The summed E-state index contributed by atoms with van der Waals surface area (Å²) in [7, 11) is 0. The lowest BCUT2D eigenvalue weighted by Crippen LogP contribution is -1.75. The van der Waals surface area contributed by atoms with E-state index >= 15 is 0 Å². The molecule has 0 aromatic rings. The molecule has 0 aliphatic carbocycles. The summed E-state index contributed by atoms with van der Waals surface area (Å²) in [5, 5.41) is 0. The molecule has 0 nitrogen and oxygen atoms in total. The molecule has 0 aliphatic rings. The van der Waals surface area contributed by atoms with Crippen molar-refractivity contribution in [3.05, 3.63) is 6.92 Å². The van der Waals surface area contributed by atoms with Crippen LogP contribution in [0.5, 0.6) is 0 Å². The maximum atomic E-state index is 4.63. The van der Waals surface area contributed by atoms with Gasteiger partial charge in [0.05, 0.1) is 0 Å². The zero-order valence-corrected chi connectivity index (χ0v) is 4.14. The molecule has 5 heavy (non-hydrogen) atoms. The largest absolute Gasteiger partial charge is 0.0900 e. The summed E-state index contributed by atoms with van der Waals surface area (Å²) in [6, 6.07) is 0. The van der Waals surface area contributed by atoms with Crippen molar-refractivity contribution in [3.63, 3.8) is 0 Å². The summed E-state index contributed by atoms with van der Waals surface area (Å²) in [4.78, 5) is 0.977. The van der Waals surface area contributed by atoms with Crippen LogP contribution in [-0.2, 0) is 0 Å². The van der Waals surface area contributed by atoms with Crippen molar-refractivity contribution in [2.45, 2.75) is 13.3 Å². The highest BCUT2D eigenvalue weighted by molar-refractivity contribution is 7.80. The Morgan fingerprint density at radius 2 is 2.20 bits per heavy atom. The lowest BCUT2D eigenvalue weighted by Gasteiger charge is -1.76. The van der Waals surface area contributed by atoms with E-state index in [-0.39, 0.29) is 0 Å². The van der Waals surface area contributed by atoms with Crippen molar-refractivity contribution < 1.29 is 0 Å². The van der Waals surface area contributed by atoms with Gasteiger partial charge in [-0.3, -0.25) is 0 Å². The second-order valence-electron chi connectivity index (χ2n) is 0.952. The molecule has 0 atom stereocenters. The third kappa shape index (κ3) is 4.09. The zero-order valence-electron chi connectivity index (χ0n) is 3.32. The normalized spacial score (nSPS) is 7.60. The summed E-state index contributed by atoms with van der Waals surface area (Å²) in [6.07, 6.45) is 0.787. The summed E-state index contributed by atoms with van der Waals surface area (Å²) in [6.45, 7) is 5.44. The zero-order chi connectivity index (χ0) is 4.28. The Kier molecular flexibility index (Phi) is 2.38. The van der Waals surface area contributed by atoms with Crippen molar-refractivity contribution in [2.75, 3.05) is 0 Å². The van der Waals surface area contributed by atoms with Crippen LogP contribution in [0.15, 0.2) is 0 Å². The minimum Gasteiger partial charge on any atom is -0.0900 e. The van der Waals surface area contributed by atoms with Crippen molar-refractivity contribution in [2.24, 2.45) is 0 Å². The van der Waals surface area contributed by atoms with Gasteiger partial charge in [-0.1, -0.05) is 12.2 Å². The summed E-state index contributed by atoms with van der Waals surface area (Å²) in [5.74, 6) is 0. The molecule has 0 saturated heterocycles. The Bertz CT molecular complexity index is 38.9. The van der Waals surface area contributed by atoms with E-state index in [2.05, 4.69) is 19.1 Å².